The number of aliphatic carboxylic acids is 1. The van der Waals surface area contributed by atoms with Crippen LogP contribution in [0.3, 0.4) is 0 Å². The van der Waals surface area contributed by atoms with Crippen molar-refractivity contribution < 1.29 is 71.6 Å². The van der Waals surface area contributed by atoms with Gasteiger partial charge in [0.1, 0.15) is 12.6 Å². The molecule has 0 spiro atoms. The third kappa shape index (κ3) is 6.75. The number of hydrogen-bond acceptors (Lipinski definition) is 11. The van der Waals surface area contributed by atoms with Gasteiger partial charge in [-0.15, -0.1) is 0 Å². The van der Waals surface area contributed by atoms with E-state index in [4.69, 9.17) is 4.74 Å². The number of rotatable bonds is 9. The molecule has 0 bridgehead atoms. The molecular weight excluding hydrogens is 500 g/mol. The average molecular weight is 519 g/mol. The molecule has 0 heterocycles. The zero-order valence-electron chi connectivity index (χ0n) is 17.1. The number of phenols is 4. The van der Waals surface area contributed by atoms with Gasteiger partial charge in [0.05, 0.1) is 23.7 Å². The molecule has 2 aromatic rings. The van der Waals surface area contributed by atoms with Crippen LogP contribution in [0.1, 0.15) is 20.7 Å². The number of aliphatic hydroxyl groups is 1. The molecule has 0 unspecified atom stereocenters. The van der Waals surface area contributed by atoms with Gasteiger partial charge in [0.25, 0.3) is 11.8 Å². The summed E-state index contributed by atoms with van der Waals surface area (Å²) >= 11 is 0. The van der Waals surface area contributed by atoms with Crippen LogP contribution in [0.15, 0.2) is 36.4 Å². The van der Waals surface area contributed by atoms with Crippen molar-refractivity contribution in [2.75, 3.05) is 13.2 Å². The van der Waals surface area contributed by atoms with Crippen LogP contribution in [0.2, 0.25) is 0 Å². The number of phenolic OH excluding ortho intramolecular Hbond substituents is 4. The molecular formula is C20H19FeN2O11-. The van der Waals surface area contributed by atoms with Crippen LogP contribution in [-0.4, -0.2) is 74.6 Å². The Morgan fingerprint density at radius 2 is 1.26 bits per heavy atom. The Kier molecular flexibility index (Phi) is 10.1. The number of hydrogen-bond donors (Lipinski definition) is 7. The fourth-order valence-electron chi connectivity index (χ4n) is 2.51. The summed E-state index contributed by atoms with van der Waals surface area (Å²) in [6.07, 6.45) is 0. The molecule has 0 saturated carbocycles. The number of esters is 1. The number of carboxylic acids is 1. The number of carbonyl (C=O) groups is 4. The Morgan fingerprint density at radius 1 is 0.824 bits per heavy atom. The van der Waals surface area contributed by atoms with Gasteiger partial charge in [0.2, 0.25) is 0 Å². The van der Waals surface area contributed by atoms with Crippen LogP contribution in [-0.2, 0) is 31.4 Å². The number of carbonyl (C=O) groups excluding carboxylic acids is 4. The fourth-order valence-corrected chi connectivity index (χ4v) is 2.51. The van der Waals surface area contributed by atoms with E-state index >= 15 is 0 Å². The van der Waals surface area contributed by atoms with Gasteiger partial charge in [-0.1, -0.05) is 12.1 Å². The average Bonchev–Trinajstić information content (AvgIpc) is 2.77. The monoisotopic (exact) mass is 519 g/mol. The number of amides is 2. The van der Waals surface area contributed by atoms with E-state index in [1.807, 2.05) is 10.6 Å². The zero-order valence-corrected chi connectivity index (χ0v) is 18.2. The molecule has 0 fully saturated rings. The molecule has 2 amide bonds. The molecule has 34 heavy (non-hydrogen) atoms. The largest absolute Gasteiger partial charge is 0.548 e. The first-order valence-corrected chi connectivity index (χ1v) is 9.18. The molecule has 2 aromatic carbocycles. The van der Waals surface area contributed by atoms with Crippen molar-refractivity contribution in [1.82, 2.24) is 10.6 Å². The summed E-state index contributed by atoms with van der Waals surface area (Å²) in [6.45, 7) is -1.94. The van der Waals surface area contributed by atoms with E-state index in [0.29, 0.717) is 0 Å². The molecule has 0 aromatic heterocycles. The summed E-state index contributed by atoms with van der Waals surface area (Å²) in [5, 5.41) is 62.9. The molecule has 0 aliphatic rings. The number of aromatic hydroxyl groups is 4. The first-order valence-electron chi connectivity index (χ1n) is 9.18. The fraction of sp³-hybridized carbons (Fsp3) is 0.200. The van der Waals surface area contributed by atoms with E-state index in [1.54, 1.807) is 0 Å². The van der Waals surface area contributed by atoms with Crippen molar-refractivity contribution in [3.63, 3.8) is 0 Å². The van der Waals surface area contributed by atoms with Crippen LogP contribution >= 0.6 is 0 Å². The van der Waals surface area contributed by atoms with Gasteiger partial charge in [0, 0.05) is 17.1 Å². The predicted octanol–water partition coefficient (Wildman–Crippen LogP) is -2.31. The number of carboxylic acid groups (broad SMARTS) is 1. The number of ether oxygens (including phenoxy) is 1. The Labute approximate surface area is 202 Å². The van der Waals surface area contributed by atoms with E-state index < -0.39 is 83.2 Å². The molecule has 184 valence electrons. The first kappa shape index (κ1) is 28.0. The minimum absolute atomic E-state index is 0. The van der Waals surface area contributed by atoms with Gasteiger partial charge in [-0.2, -0.15) is 0 Å². The third-order valence-corrected chi connectivity index (χ3v) is 4.27. The minimum Gasteiger partial charge on any atom is -0.548 e. The van der Waals surface area contributed by atoms with Crippen molar-refractivity contribution in [1.29, 1.82) is 0 Å². The summed E-state index contributed by atoms with van der Waals surface area (Å²) in [4.78, 5) is 47.8. The Balaban J connectivity index is 0.00000578. The van der Waals surface area contributed by atoms with Crippen LogP contribution in [0.4, 0.5) is 0 Å². The topological polar surface area (TPSA) is 226 Å². The molecule has 0 radical (unpaired) electrons. The molecule has 13 nitrogen and oxygen atoms in total. The number of nitrogens with one attached hydrogen (secondary N) is 2. The van der Waals surface area contributed by atoms with E-state index in [2.05, 4.69) is 0 Å². The quantitative estimate of drug-likeness (QED) is 0.106. The summed E-state index contributed by atoms with van der Waals surface area (Å²) in [5.41, 5.74) is -0.869. The molecule has 0 saturated heterocycles. The van der Waals surface area contributed by atoms with Crippen LogP contribution in [0.25, 0.3) is 0 Å². The van der Waals surface area contributed by atoms with Crippen LogP contribution in [0.5, 0.6) is 23.0 Å². The van der Waals surface area contributed by atoms with Gasteiger partial charge in [-0.3, -0.25) is 9.59 Å². The van der Waals surface area contributed by atoms with Gasteiger partial charge in [0.15, 0.2) is 29.0 Å². The smallest absolute Gasteiger partial charge is 0.331 e. The van der Waals surface area contributed by atoms with Crippen molar-refractivity contribution in [2.45, 2.75) is 12.1 Å². The third-order valence-electron chi connectivity index (χ3n) is 4.27. The molecule has 0 aliphatic heterocycles. The van der Waals surface area contributed by atoms with Crippen molar-refractivity contribution >= 4 is 23.8 Å². The standard InChI is InChI=1S/C20H20N2O11.Fe/c23-7-11(21-17(28)9-3-1-5-13(24)15(9)26)20(32)33-8-12(19(30)31)22-18(29)10-4-2-6-14(25)16(10)27;/h1-6,11-12,23-27H,7-8H2,(H,21,28)(H,22,29)(H,30,31);/p-1/t11-,12-;/m0./s1. The van der Waals surface area contributed by atoms with E-state index in [1.165, 1.54) is 12.1 Å². The second-order valence-electron chi connectivity index (χ2n) is 6.53. The summed E-state index contributed by atoms with van der Waals surface area (Å²) in [7, 11) is 0. The van der Waals surface area contributed by atoms with Crippen molar-refractivity contribution in [2.24, 2.45) is 0 Å². The molecule has 0 aliphatic carbocycles. The maximum atomic E-state index is 12.2. The predicted molar refractivity (Wildman–Crippen MR) is 105 cm³/mol. The maximum Gasteiger partial charge on any atom is 0.331 e. The molecule has 14 heteroatoms. The van der Waals surface area contributed by atoms with Gasteiger partial charge in [-0.25, -0.2) is 4.79 Å². The van der Waals surface area contributed by atoms with E-state index in [0.717, 1.165) is 24.3 Å². The summed E-state index contributed by atoms with van der Waals surface area (Å²) < 4.78 is 4.73. The Hall–Kier alpha value is -4.00. The first-order chi connectivity index (χ1) is 15.6. The van der Waals surface area contributed by atoms with E-state index in [9.17, 15) is 49.8 Å². The van der Waals surface area contributed by atoms with Crippen molar-refractivity contribution in [3.8, 4) is 23.0 Å². The van der Waals surface area contributed by atoms with Gasteiger partial charge < -0.3 is 50.8 Å². The Bertz CT molecular complexity index is 1080. The number of benzene rings is 2. The summed E-state index contributed by atoms with van der Waals surface area (Å²) in [6, 6.07) is 3.30. The summed E-state index contributed by atoms with van der Waals surface area (Å²) in [5.74, 6) is -8.12. The Morgan fingerprint density at radius 3 is 1.68 bits per heavy atom. The maximum absolute atomic E-state index is 12.2. The molecule has 2 rings (SSSR count). The SMILES string of the molecule is O=C(N[C@@H](COC(=O)[C@H](CO)NC(=O)c1cccc(O)c1O)C(=O)[O-])c1cccc(O)c1O.[Fe]. The number of para-hydroxylation sites is 2. The number of aliphatic hydroxyl groups excluding tert-OH is 1. The van der Waals surface area contributed by atoms with Crippen LogP contribution < -0.4 is 15.7 Å². The zero-order chi connectivity index (χ0) is 24.7. The van der Waals surface area contributed by atoms with E-state index in [-0.39, 0.29) is 17.1 Å². The minimum atomic E-state index is -1.90. The van der Waals surface area contributed by atoms with Crippen LogP contribution in [0, 0.1) is 0 Å². The van der Waals surface area contributed by atoms with Gasteiger partial charge >= 0.3 is 5.97 Å². The normalized spacial score (nSPS) is 11.9. The second-order valence-corrected chi connectivity index (χ2v) is 6.53. The van der Waals surface area contributed by atoms with Crippen molar-refractivity contribution in [3.05, 3.63) is 47.5 Å². The molecule has 7 N–H and O–H groups in total. The van der Waals surface area contributed by atoms with Gasteiger partial charge in [-0.05, 0) is 24.3 Å². The molecule has 2 atom stereocenters. The second kappa shape index (κ2) is 12.3.